The summed E-state index contributed by atoms with van der Waals surface area (Å²) in [5.74, 6) is -1.94. The van der Waals surface area contributed by atoms with Gasteiger partial charge in [0.15, 0.2) is 0 Å². The largest absolute Gasteiger partial charge is 0.480 e. The average Bonchev–Trinajstić information content (AvgIpc) is 2.37. The van der Waals surface area contributed by atoms with Crippen LogP contribution in [0, 0.1) is 17.0 Å². The van der Waals surface area contributed by atoms with E-state index >= 15 is 0 Å². The number of rotatable bonds is 5. The summed E-state index contributed by atoms with van der Waals surface area (Å²) in [5, 5.41) is 22.1. The van der Waals surface area contributed by atoms with Crippen molar-refractivity contribution < 1.29 is 19.6 Å². The second-order valence-electron chi connectivity index (χ2n) is 4.26. The predicted molar refractivity (Wildman–Crippen MR) is 75.0 cm³/mol. The van der Waals surface area contributed by atoms with Gasteiger partial charge in [-0.3, -0.25) is 19.7 Å². The number of halogens is 1. The molecular weight excluding hydrogens is 350 g/mol. The fourth-order valence-corrected chi connectivity index (χ4v) is 2.08. The number of nitro groups is 1. The first kappa shape index (κ1) is 16.8. The van der Waals surface area contributed by atoms with Crippen molar-refractivity contribution in [2.75, 3.05) is 0 Å². The lowest BCUT2D eigenvalue weighted by atomic mass is 10.2. The number of aliphatic carboxylic acids is 1. The zero-order chi connectivity index (χ0) is 16.3. The van der Waals surface area contributed by atoms with Crippen molar-refractivity contribution in [3.8, 4) is 0 Å². The summed E-state index contributed by atoms with van der Waals surface area (Å²) in [7, 11) is 0. The van der Waals surface area contributed by atoms with Gasteiger partial charge in [0.05, 0.1) is 22.1 Å². The first-order valence-corrected chi connectivity index (χ1v) is 6.48. The van der Waals surface area contributed by atoms with E-state index in [0.29, 0.717) is 0 Å². The maximum atomic E-state index is 12.0. The van der Waals surface area contributed by atoms with Gasteiger partial charge in [0.2, 0.25) is 5.91 Å². The van der Waals surface area contributed by atoms with Gasteiger partial charge in [-0.2, -0.15) is 0 Å². The molecule has 0 saturated carbocycles. The number of hydrogen-bond donors (Lipinski definition) is 2. The highest BCUT2D eigenvalue weighted by Crippen LogP contribution is 2.22. The molecule has 0 aliphatic rings. The molecule has 0 fully saturated rings. The normalized spacial score (nSPS) is 11.8. The topological polar surface area (TPSA) is 132 Å². The van der Waals surface area contributed by atoms with Crippen LogP contribution < -0.4 is 10.9 Å². The Bertz CT molecular complexity index is 669. The van der Waals surface area contributed by atoms with Gasteiger partial charge in [-0.05, 0) is 22.9 Å². The van der Waals surface area contributed by atoms with E-state index in [-0.39, 0.29) is 15.7 Å². The molecule has 21 heavy (non-hydrogen) atoms. The van der Waals surface area contributed by atoms with Gasteiger partial charge in [0, 0.05) is 12.5 Å². The Morgan fingerprint density at radius 3 is 2.57 bits per heavy atom. The highest BCUT2D eigenvalue weighted by Gasteiger charge is 2.23. The van der Waals surface area contributed by atoms with Crippen LogP contribution in [0.2, 0.25) is 0 Å². The van der Waals surface area contributed by atoms with Crippen LogP contribution in [0.15, 0.2) is 15.5 Å². The van der Waals surface area contributed by atoms with Crippen LogP contribution in [0.25, 0.3) is 0 Å². The minimum absolute atomic E-state index is 0.0244. The molecule has 0 aliphatic carbocycles. The molecule has 0 spiro atoms. The predicted octanol–water partition coefficient (Wildman–Crippen LogP) is 0.417. The molecule has 2 N–H and O–H groups in total. The van der Waals surface area contributed by atoms with Gasteiger partial charge in [-0.25, -0.2) is 4.79 Å². The summed E-state index contributed by atoms with van der Waals surface area (Å²) >= 11 is 2.95. The molecule has 1 rings (SSSR count). The van der Waals surface area contributed by atoms with E-state index < -0.39 is 34.9 Å². The molecule has 1 aromatic rings. The third kappa shape index (κ3) is 3.88. The molecule has 114 valence electrons. The highest BCUT2D eigenvalue weighted by atomic mass is 79.9. The number of pyridine rings is 1. The van der Waals surface area contributed by atoms with Crippen LogP contribution in [-0.2, 0) is 16.1 Å². The van der Waals surface area contributed by atoms with E-state index in [0.717, 1.165) is 17.7 Å². The third-order valence-corrected chi connectivity index (χ3v) is 3.63. The Hall–Kier alpha value is -2.23. The third-order valence-electron chi connectivity index (χ3n) is 2.69. The van der Waals surface area contributed by atoms with Crippen LogP contribution in [0.5, 0.6) is 0 Å². The van der Waals surface area contributed by atoms with Crippen LogP contribution in [0.4, 0.5) is 5.69 Å². The number of carboxylic acid groups (broad SMARTS) is 1. The lowest BCUT2D eigenvalue weighted by Gasteiger charge is -2.15. The van der Waals surface area contributed by atoms with Gasteiger partial charge in [0.1, 0.15) is 6.04 Å². The maximum absolute atomic E-state index is 12.0. The van der Waals surface area contributed by atoms with Crippen LogP contribution in [0.3, 0.4) is 0 Å². The van der Waals surface area contributed by atoms with Crippen molar-refractivity contribution in [3.63, 3.8) is 0 Å². The van der Waals surface area contributed by atoms with Gasteiger partial charge < -0.3 is 15.0 Å². The zero-order valence-corrected chi connectivity index (χ0v) is 12.7. The molecule has 0 aromatic carbocycles. The van der Waals surface area contributed by atoms with Crippen molar-refractivity contribution in [3.05, 3.63) is 36.7 Å². The summed E-state index contributed by atoms with van der Waals surface area (Å²) < 4.78 is 0.855. The fraction of sp³-hybridized carbons (Fsp3) is 0.364. The zero-order valence-electron chi connectivity index (χ0n) is 11.1. The standard InChI is InChI=1S/C11H12BrN3O6/c1-5-8(15(20)21)4-14(10(17)9(5)12)3-7(11(18)19)13-6(2)16/h4,7H,3H2,1-2H3,(H,13,16)(H,18,19). The lowest BCUT2D eigenvalue weighted by molar-refractivity contribution is -0.386. The number of aromatic nitrogens is 1. The summed E-state index contributed by atoms with van der Waals surface area (Å²) in [6.45, 7) is 2.11. The molecule has 1 unspecified atom stereocenters. The summed E-state index contributed by atoms with van der Waals surface area (Å²) in [6, 6.07) is -1.37. The van der Waals surface area contributed by atoms with Crippen LogP contribution >= 0.6 is 15.9 Å². The molecule has 1 amide bonds. The smallest absolute Gasteiger partial charge is 0.328 e. The molecule has 1 heterocycles. The Morgan fingerprint density at radius 1 is 1.57 bits per heavy atom. The fourth-order valence-electron chi connectivity index (χ4n) is 1.65. The van der Waals surface area contributed by atoms with Crippen molar-refractivity contribution in [1.82, 2.24) is 9.88 Å². The number of hydrogen-bond acceptors (Lipinski definition) is 5. The maximum Gasteiger partial charge on any atom is 0.328 e. The van der Waals surface area contributed by atoms with E-state index in [4.69, 9.17) is 5.11 Å². The monoisotopic (exact) mass is 361 g/mol. The van der Waals surface area contributed by atoms with Crippen molar-refractivity contribution in [2.45, 2.75) is 26.4 Å². The summed E-state index contributed by atoms with van der Waals surface area (Å²) in [4.78, 5) is 44.2. The molecule has 1 aromatic heterocycles. The van der Waals surface area contributed by atoms with Crippen molar-refractivity contribution >= 4 is 33.5 Å². The Balaban J connectivity index is 3.30. The molecule has 0 radical (unpaired) electrons. The SMILES string of the molecule is CC(=O)NC(Cn1cc([N+](=O)[O-])c(C)c(Br)c1=O)C(=O)O. The molecular formula is C11H12BrN3O6. The van der Waals surface area contributed by atoms with Crippen molar-refractivity contribution in [2.24, 2.45) is 0 Å². The number of nitrogens with zero attached hydrogens (tertiary/aromatic N) is 2. The minimum atomic E-state index is -1.37. The van der Waals surface area contributed by atoms with Crippen LogP contribution in [0.1, 0.15) is 12.5 Å². The van der Waals surface area contributed by atoms with Gasteiger partial charge in [-0.15, -0.1) is 0 Å². The summed E-state index contributed by atoms with van der Waals surface area (Å²) in [5.41, 5.74) is -0.796. The number of carbonyl (C=O) groups is 2. The number of amides is 1. The molecule has 0 bridgehead atoms. The molecule has 0 aliphatic heterocycles. The highest BCUT2D eigenvalue weighted by molar-refractivity contribution is 9.10. The van der Waals surface area contributed by atoms with Gasteiger partial charge in [-0.1, -0.05) is 0 Å². The number of carbonyl (C=O) groups excluding carboxylic acids is 1. The second-order valence-corrected chi connectivity index (χ2v) is 5.05. The van der Waals surface area contributed by atoms with Crippen LogP contribution in [-0.4, -0.2) is 32.5 Å². The Kier molecular flexibility index (Phi) is 5.19. The van der Waals surface area contributed by atoms with E-state index in [1.807, 2.05) is 0 Å². The quantitative estimate of drug-likeness (QED) is 0.576. The average molecular weight is 362 g/mol. The lowest BCUT2D eigenvalue weighted by Crippen LogP contribution is -2.44. The molecule has 10 heteroatoms. The Labute approximate surface area is 126 Å². The molecule has 9 nitrogen and oxygen atoms in total. The molecule has 1 atom stereocenters. The van der Waals surface area contributed by atoms with E-state index in [1.165, 1.54) is 6.92 Å². The summed E-state index contributed by atoms with van der Waals surface area (Å²) in [6.07, 6.45) is 0.959. The minimum Gasteiger partial charge on any atom is -0.480 e. The Morgan fingerprint density at radius 2 is 2.14 bits per heavy atom. The van der Waals surface area contributed by atoms with Gasteiger partial charge >= 0.3 is 5.97 Å². The second kappa shape index (κ2) is 6.48. The van der Waals surface area contributed by atoms with Gasteiger partial charge in [0.25, 0.3) is 11.2 Å². The first-order chi connectivity index (χ1) is 9.65. The van der Waals surface area contributed by atoms with E-state index in [9.17, 15) is 24.5 Å². The number of nitrogens with one attached hydrogen (secondary N) is 1. The molecule has 0 saturated heterocycles. The van der Waals surface area contributed by atoms with E-state index in [2.05, 4.69) is 21.2 Å². The van der Waals surface area contributed by atoms with Crippen molar-refractivity contribution in [1.29, 1.82) is 0 Å². The first-order valence-electron chi connectivity index (χ1n) is 5.69. The number of carboxylic acids is 1. The van der Waals surface area contributed by atoms with E-state index in [1.54, 1.807) is 0 Å².